The summed E-state index contributed by atoms with van der Waals surface area (Å²) >= 11 is 0. The second kappa shape index (κ2) is 9.06. The number of halogens is 3. The Morgan fingerprint density at radius 3 is 2.35 bits per heavy atom. The molecule has 176 valence electrons. The fraction of sp³-hybridized carbons (Fsp3) is 0.227. The summed E-state index contributed by atoms with van der Waals surface area (Å²) in [5.74, 6) is -2.16. The molecule has 3 N–H and O–H groups in total. The number of benzene rings is 1. The average Bonchev–Trinajstić information content (AvgIpc) is 3.12. The number of carbonyl (C=O) groups is 1. The molecule has 3 aromatic heterocycles. The van der Waals surface area contributed by atoms with Crippen molar-refractivity contribution in [1.82, 2.24) is 30.1 Å². The number of fused-ring (bicyclic) bond motifs is 1. The van der Waals surface area contributed by atoms with Crippen LogP contribution in [0.25, 0.3) is 28.2 Å². The summed E-state index contributed by atoms with van der Waals surface area (Å²) in [6, 6.07) is 13.2. The van der Waals surface area contributed by atoms with Crippen molar-refractivity contribution in [1.29, 1.82) is 0 Å². The molecule has 1 aromatic carbocycles. The Morgan fingerprint density at radius 2 is 1.79 bits per heavy atom. The highest BCUT2D eigenvalue weighted by molar-refractivity contribution is 5.73. The number of aliphatic carboxylic acids is 1. The second-order valence-electron chi connectivity index (χ2n) is 7.64. The number of nitrogens with zero attached hydrogens (tertiary/aromatic N) is 5. The van der Waals surface area contributed by atoms with Crippen LogP contribution in [0.5, 0.6) is 5.75 Å². The highest BCUT2D eigenvalue weighted by Gasteiger charge is 2.38. The molecule has 5 rings (SSSR count). The fourth-order valence-corrected chi connectivity index (χ4v) is 3.26. The van der Waals surface area contributed by atoms with E-state index < -0.39 is 12.1 Å². The second-order valence-corrected chi connectivity index (χ2v) is 7.64. The Kier molecular flexibility index (Phi) is 6.16. The quantitative estimate of drug-likeness (QED) is 0.415. The van der Waals surface area contributed by atoms with Crippen LogP contribution < -0.4 is 5.32 Å². The zero-order valence-corrected chi connectivity index (χ0v) is 17.8. The first-order valence-electron chi connectivity index (χ1n) is 10.1. The van der Waals surface area contributed by atoms with Gasteiger partial charge in [0.15, 0.2) is 5.65 Å². The standard InChI is InChI=1S/C20H18N6O.C2HF3O2/c1-12-11-26-20(22-12)7-6-17(25-26)13-2-3-15(19(27)8-13)18-5-4-16(23-24-18)14-9-21-10-14;3-2(4,5)1(6)7/h2-8,11,14,21,27H,9-10H2,1H3;(H,6,7). The monoisotopic (exact) mass is 472 g/mol. The average molecular weight is 472 g/mol. The number of aromatic nitrogens is 5. The molecule has 0 spiro atoms. The molecule has 9 nitrogen and oxygen atoms in total. The lowest BCUT2D eigenvalue weighted by molar-refractivity contribution is -0.192. The van der Waals surface area contributed by atoms with Gasteiger partial charge in [0, 0.05) is 30.1 Å². The summed E-state index contributed by atoms with van der Waals surface area (Å²) in [7, 11) is 0. The maximum absolute atomic E-state index is 10.6. The van der Waals surface area contributed by atoms with Gasteiger partial charge < -0.3 is 15.5 Å². The van der Waals surface area contributed by atoms with Crippen LogP contribution in [0.15, 0.2) is 48.7 Å². The summed E-state index contributed by atoms with van der Waals surface area (Å²) < 4.78 is 33.5. The van der Waals surface area contributed by atoms with Gasteiger partial charge in [0.25, 0.3) is 0 Å². The van der Waals surface area contributed by atoms with Gasteiger partial charge in [0.2, 0.25) is 0 Å². The van der Waals surface area contributed by atoms with E-state index in [1.54, 1.807) is 10.6 Å². The zero-order valence-electron chi connectivity index (χ0n) is 17.8. The first-order chi connectivity index (χ1) is 16.1. The van der Waals surface area contributed by atoms with Gasteiger partial charge in [-0.25, -0.2) is 14.3 Å². The van der Waals surface area contributed by atoms with E-state index in [-0.39, 0.29) is 5.75 Å². The minimum Gasteiger partial charge on any atom is -0.507 e. The first-order valence-corrected chi connectivity index (χ1v) is 10.1. The van der Waals surface area contributed by atoms with Crippen LogP contribution in [0.3, 0.4) is 0 Å². The summed E-state index contributed by atoms with van der Waals surface area (Å²) in [6.07, 6.45) is -3.21. The number of phenolic OH excluding ortho intramolecular Hbond substituents is 1. The molecular formula is C22H19F3N6O3. The van der Waals surface area contributed by atoms with Crippen molar-refractivity contribution >= 4 is 11.6 Å². The van der Waals surface area contributed by atoms with Crippen LogP contribution >= 0.6 is 0 Å². The molecule has 4 aromatic rings. The van der Waals surface area contributed by atoms with Gasteiger partial charge in [-0.2, -0.15) is 28.5 Å². The third-order valence-electron chi connectivity index (χ3n) is 5.14. The van der Waals surface area contributed by atoms with Crippen LogP contribution in [-0.2, 0) is 4.79 Å². The number of aryl methyl sites for hydroxylation is 1. The molecule has 1 aliphatic rings. The molecule has 4 heterocycles. The van der Waals surface area contributed by atoms with Crippen molar-refractivity contribution in [2.75, 3.05) is 13.1 Å². The molecule has 0 saturated carbocycles. The molecule has 0 unspecified atom stereocenters. The smallest absolute Gasteiger partial charge is 0.490 e. The molecule has 0 amide bonds. The van der Waals surface area contributed by atoms with Gasteiger partial charge in [-0.15, -0.1) is 0 Å². The van der Waals surface area contributed by atoms with Gasteiger partial charge in [0.05, 0.1) is 29.0 Å². The van der Waals surface area contributed by atoms with Crippen molar-refractivity contribution < 1.29 is 28.2 Å². The van der Waals surface area contributed by atoms with E-state index in [2.05, 4.69) is 25.6 Å². The normalized spacial score (nSPS) is 13.8. The number of phenols is 1. The lowest BCUT2D eigenvalue weighted by Crippen LogP contribution is -2.40. The van der Waals surface area contributed by atoms with Crippen LogP contribution in [0, 0.1) is 6.92 Å². The Hall–Kier alpha value is -4.06. The van der Waals surface area contributed by atoms with Crippen LogP contribution in [0.2, 0.25) is 0 Å². The zero-order chi connectivity index (χ0) is 24.5. The first kappa shape index (κ1) is 23.1. The third kappa shape index (κ3) is 4.96. The molecular weight excluding hydrogens is 453 g/mol. The van der Waals surface area contributed by atoms with E-state index in [0.29, 0.717) is 17.2 Å². The molecule has 1 aliphatic heterocycles. The van der Waals surface area contributed by atoms with Crippen molar-refractivity contribution in [3.8, 4) is 28.3 Å². The Morgan fingerprint density at radius 1 is 1.09 bits per heavy atom. The van der Waals surface area contributed by atoms with Crippen LogP contribution in [0.1, 0.15) is 17.3 Å². The van der Waals surface area contributed by atoms with Gasteiger partial charge in [-0.05, 0) is 43.3 Å². The molecule has 1 saturated heterocycles. The summed E-state index contributed by atoms with van der Waals surface area (Å²) in [5, 5.41) is 34.1. The molecule has 12 heteroatoms. The molecule has 1 fully saturated rings. The predicted molar refractivity (Wildman–Crippen MR) is 115 cm³/mol. The number of imidazole rings is 1. The minimum absolute atomic E-state index is 0.156. The topological polar surface area (TPSA) is 126 Å². The van der Waals surface area contributed by atoms with Crippen LogP contribution in [-0.4, -0.2) is 60.2 Å². The number of rotatable bonds is 3. The number of hydrogen-bond acceptors (Lipinski definition) is 7. The number of carboxylic acid groups (broad SMARTS) is 1. The van der Waals surface area contributed by atoms with E-state index >= 15 is 0 Å². The van der Waals surface area contributed by atoms with Gasteiger partial charge in [0.1, 0.15) is 5.75 Å². The number of hydrogen-bond donors (Lipinski definition) is 3. The number of carboxylic acids is 1. The highest BCUT2D eigenvalue weighted by Crippen LogP contribution is 2.32. The fourth-order valence-electron chi connectivity index (χ4n) is 3.26. The lowest BCUT2D eigenvalue weighted by atomic mass is 9.98. The number of nitrogens with one attached hydrogen (secondary N) is 1. The van der Waals surface area contributed by atoms with Crippen molar-refractivity contribution in [2.24, 2.45) is 0 Å². The summed E-state index contributed by atoms with van der Waals surface area (Å²) in [5.41, 5.74) is 5.61. The van der Waals surface area contributed by atoms with Gasteiger partial charge in [-0.1, -0.05) is 6.07 Å². The number of alkyl halides is 3. The minimum atomic E-state index is -5.08. The van der Waals surface area contributed by atoms with Crippen molar-refractivity contribution in [3.63, 3.8) is 0 Å². The lowest BCUT2D eigenvalue weighted by Gasteiger charge is -2.25. The highest BCUT2D eigenvalue weighted by atomic mass is 19.4. The van der Waals surface area contributed by atoms with E-state index in [1.165, 1.54) is 0 Å². The maximum Gasteiger partial charge on any atom is 0.490 e. The Bertz CT molecular complexity index is 1330. The molecule has 34 heavy (non-hydrogen) atoms. The summed E-state index contributed by atoms with van der Waals surface area (Å²) in [6.45, 7) is 3.83. The van der Waals surface area contributed by atoms with Gasteiger partial charge in [-0.3, -0.25) is 0 Å². The van der Waals surface area contributed by atoms with E-state index in [4.69, 9.17) is 9.90 Å². The largest absolute Gasteiger partial charge is 0.507 e. The van der Waals surface area contributed by atoms with E-state index in [9.17, 15) is 18.3 Å². The van der Waals surface area contributed by atoms with Crippen LogP contribution in [0.4, 0.5) is 13.2 Å². The number of aromatic hydroxyl groups is 1. The Labute approximate surface area is 190 Å². The molecule has 0 radical (unpaired) electrons. The van der Waals surface area contributed by atoms with E-state index in [1.807, 2.05) is 49.5 Å². The maximum atomic E-state index is 10.6. The molecule has 0 bridgehead atoms. The molecule has 0 atom stereocenters. The predicted octanol–water partition coefficient (Wildman–Crippen LogP) is 3.19. The summed E-state index contributed by atoms with van der Waals surface area (Å²) in [4.78, 5) is 13.3. The van der Waals surface area contributed by atoms with Gasteiger partial charge >= 0.3 is 12.1 Å². The molecule has 0 aliphatic carbocycles. The van der Waals surface area contributed by atoms with E-state index in [0.717, 1.165) is 41.4 Å². The SMILES string of the molecule is Cc1cn2nc(-c3ccc(-c4ccc(C5CNC5)nn4)c(O)c3)ccc2n1.O=C(O)C(F)(F)F. The van der Waals surface area contributed by atoms with Crippen molar-refractivity contribution in [2.45, 2.75) is 19.0 Å². The Balaban J connectivity index is 0.000000344. The third-order valence-corrected chi connectivity index (χ3v) is 5.14. The van der Waals surface area contributed by atoms with Crippen molar-refractivity contribution in [3.05, 3.63) is 60.0 Å².